The lowest BCUT2D eigenvalue weighted by Crippen LogP contribution is -2.40. The number of likely N-dealkylation sites (tertiary alicyclic amines) is 1. The number of guanidine groups is 1. The van der Waals surface area contributed by atoms with Gasteiger partial charge in [-0.15, -0.1) is 24.0 Å². The van der Waals surface area contributed by atoms with Gasteiger partial charge in [0.15, 0.2) is 5.96 Å². The minimum absolute atomic E-state index is 0. The number of piperidine rings is 1. The zero-order valence-corrected chi connectivity index (χ0v) is 21.1. The lowest BCUT2D eigenvalue weighted by molar-refractivity contribution is -0.148. The van der Waals surface area contributed by atoms with Gasteiger partial charge >= 0.3 is 6.18 Å². The first-order chi connectivity index (χ1) is 14.8. The van der Waals surface area contributed by atoms with Crippen molar-refractivity contribution in [3.05, 3.63) is 35.4 Å². The summed E-state index contributed by atoms with van der Waals surface area (Å²) in [6, 6.07) is 7.53. The van der Waals surface area contributed by atoms with Gasteiger partial charge in [0.2, 0.25) is 0 Å². The molecule has 1 aromatic rings. The number of amides is 1. The van der Waals surface area contributed by atoms with Gasteiger partial charge < -0.3 is 16.0 Å². The molecule has 0 radical (unpaired) electrons. The van der Waals surface area contributed by atoms with Crippen LogP contribution in [0.25, 0.3) is 0 Å². The highest BCUT2D eigenvalue weighted by atomic mass is 127. The van der Waals surface area contributed by atoms with E-state index in [9.17, 15) is 18.0 Å². The van der Waals surface area contributed by atoms with Crippen LogP contribution in [0.4, 0.5) is 13.2 Å². The van der Waals surface area contributed by atoms with Gasteiger partial charge in [-0.2, -0.15) is 13.2 Å². The maximum absolute atomic E-state index is 12.5. The molecule has 1 aliphatic rings. The predicted octanol–water partition coefficient (Wildman–Crippen LogP) is 3.43. The summed E-state index contributed by atoms with van der Waals surface area (Å²) in [5.41, 5.74) is 1.71. The quantitative estimate of drug-likeness (QED) is 0.242. The number of halogens is 4. The first kappa shape index (κ1) is 28.5. The van der Waals surface area contributed by atoms with Gasteiger partial charge in [-0.3, -0.25) is 14.7 Å². The Morgan fingerprint density at radius 1 is 1.22 bits per heavy atom. The number of benzene rings is 1. The highest BCUT2D eigenvalue weighted by molar-refractivity contribution is 14.0. The maximum atomic E-state index is 12.5. The summed E-state index contributed by atoms with van der Waals surface area (Å²) >= 11 is 0. The summed E-state index contributed by atoms with van der Waals surface area (Å²) in [7, 11) is 1.61. The zero-order chi connectivity index (χ0) is 22.7. The maximum Gasteiger partial charge on any atom is 0.401 e. The molecule has 10 heteroatoms. The summed E-state index contributed by atoms with van der Waals surface area (Å²) in [4.78, 5) is 17.9. The van der Waals surface area contributed by atoms with Crippen LogP contribution >= 0.6 is 24.0 Å². The highest BCUT2D eigenvalue weighted by Gasteiger charge is 2.32. The fourth-order valence-corrected chi connectivity index (χ4v) is 3.73. The van der Waals surface area contributed by atoms with Crippen LogP contribution in [0.2, 0.25) is 0 Å². The topological polar surface area (TPSA) is 68.8 Å². The summed E-state index contributed by atoms with van der Waals surface area (Å²) in [5.74, 6) is 1.05. The Morgan fingerprint density at radius 3 is 2.56 bits per heavy atom. The molecule has 0 bridgehead atoms. The average molecular weight is 569 g/mol. The number of nitrogens with zero attached hydrogens (tertiary/aromatic N) is 2. The van der Waals surface area contributed by atoms with E-state index in [1.165, 1.54) is 4.90 Å². The first-order valence-electron chi connectivity index (χ1n) is 10.9. The first-order valence-corrected chi connectivity index (χ1v) is 10.9. The summed E-state index contributed by atoms with van der Waals surface area (Å²) in [5, 5.41) is 9.15. The predicted molar refractivity (Wildman–Crippen MR) is 133 cm³/mol. The van der Waals surface area contributed by atoms with E-state index in [-0.39, 0.29) is 29.9 Å². The SMILES string of the molecule is CCNC(=NCCC1CCN(CC(F)(F)F)CC1)NCCc1cccc(C(=O)NC)c1.I. The van der Waals surface area contributed by atoms with E-state index in [1.54, 1.807) is 13.1 Å². The van der Waals surface area contributed by atoms with Crippen molar-refractivity contribution in [3.8, 4) is 0 Å². The number of rotatable bonds is 9. The number of hydrogen-bond donors (Lipinski definition) is 3. The fourth-order valence-electron chi connectivity index (χ4n) is 3.73. The van der Waals surface area contributed by atoms with Crippen LogP contribution in [0.5, 0.6) is 0 Å². The van der Waals surface area contributed by atoms with Crippen molar-refractivity contribution in [2.24, 2.45) is 10.9 Å². The normalized spacial score (nSPS) is 15.7. The van der Waals surface area contributed by atoms with Crippen molar-refractivity contribution in [2.45, 2.75) is 38.8 Å². The Labute approximate surface area is 205 Å². The molecule has 1 saturated heterocycles. The Bertz CT molecular complexity index is 722. The molecule has 2 rings (SSSR count). The largest absolute Gasteiger partial charge is 0.401 e. The minimum Gasteiger partial charge on any atom is -0.357 e. The van der Waals surface area contributed by atoms with Crippen molar-refractivity contribution in [1.82, 2.24) is 20.9 Å². The number of alkyl halides is 3. The van der Waals surface area contributed by atoms with Crippen LogP contribution in [-0.4, -0.2) is 69.3 Å². The molecule has 1 aliphatic heterocycles. The third-order valence-electron chi connectivity index (χ3n) is 5.38. The summed E-state index contributed by atoms with van der Waals surface area (Å²) < 4.78 is 37.5. The van der Waals surface area contributed by atoms with Crippen molar-refractivity contribution < 1.29 is 18.0 Å². The number of carbonyl (C=O) groups excluding carboxylic acids is 1. The number of carbonyl (C=O) groups is 1. The Morgan fingerprint density at radius 2 is 1.94 bits per heavy atom. The van der Waals surface area contributed by atoms with Crippen LogP contribution in [0.15, 0.2) is 29.3 Å². The van der Waals surface area contributed by atoms with Gasteiger partial charge in [0, 0.05) is 32.2 Å². The third kappa shape index (κ3) is 10.8. The lowest BCUT2D eigenvalue weighted by atomic mass is 9.93. The molecule has 1 aromatic carbocycles. The second kappa shape index (κ2) is 14.6. The minimum atomic E-state index is -4.12. The molecular formula is C22H35F3IN5O. The Hall–Kier alpha value is -1.56. The van der Waals surface area contributed by atoms with Gasteiger partial charge in [0.25, 0.3) is 5.91 Å². The standard InChI is InChI=1S/C22H34F3N5O.HI/c1-3-27-21(29-12-8-18-5-4-6-19(15-18)20(31)26-2)28-11-7-17-9-13-30(14-10-17)16-22(23,24)25;/h4-6,15,17H,3,7-14,16H2,1-2H3,(H,26,31)(H2,27,28,29);1H. The molecule has 0 saturated carbocycles. The smallest absolute Gasteiger partial charge is 0.357 e. The zero-order valence-electron chi connectivity index (χ0n) is 18.8. The molecule has 0 aliphatic carbocycles. The highest BCUT2D eigenvalue weighted by Crippen LogP contribution is 2.24. The van der Waals surface area contributed by atoms with Crippen LogP contribution in [0, 0.1) is 5.92 Å². The van der Waals surface area contributed by atoms with E-state index >= 15 is 0 Å². The number of aliphatic imine (C=N–C) groups is 1. The van der Waals surface area contributed by atoms with Gasteiger partial charge in [-0.25, -0.2) is 0 Å². The summed E-state index contributed by atoms with van der Waals surface area (Å²) in [6.45, 7) is 4.26. The molecule has 32 heavy (non-hydrogen) atoms. The Kier molecular flexibility index (Phi) is 13.0. The molecule has 0 unspecified atom stereocenters. The van der Waals surface area contributed by atoms with E-state index in [2.05, 4.69) is 20.9 Å². The molecular weight excluding hydrogens is 534 g/mol. The molecule has 1 amide bonds. The number of nitrogens with one attached hydrogen (secondary N) is 3. The molecule has 1 heterocycles. The van der Waals surface area contributed by atoms with Crippen molar-refractivity contribution >= 4 is 35.8 Å². The molecule has 0 atom stereocenters. The third-order valence-corrected chi connectivity index (χ3v) is 5.38. The number of hydrogen-bond acceptors (Lipinski definition) is 3. The molecule has 0 aromatic heterocycles. The van der Waals surface area contributed by atoms with Crippen LogP contribution in [-0.2, 0) is 6.42 Å². The molecule has 6 nitrogen and oxygen atoms in total. The Balaban J connectivity index is 0.00000512. The van der Waals surface area contributed by atoms with Gasteiger partial charge in [-0.05, 0) is 69.3 Å². The van der Waals surface area contributed by atoms with Gasteiger partial charge in [0.05, 0.1) is 6.54 Å². The van der Waals surface area contributed by atoms with E-state index < -0.39 is 12.7 Å². The molecule has 0 spiro atoms. The lowest BCUT2D eigenvalue weighted by Gasteiger charge is -2.32. The van der Waals surface area contributed by atoms with Crippen molar-refractivity contribution in [3.63, 3.8) is 0 Å². The average Bonchev–Trinajstić information content (AvgIpc) is 2.73. The fraction of sp³-hybridized carbons (Fsp3) is 0.636. The van der Waals surface area contributed by atoms with Gasteiger partial charge in [0.1, 0.15) is 0 Å². The van der Waals surface area contributed by atoms with Gasteiger partial charge in [-0.1, -0.05) is 12.1 Å². The van der Waals surface area contributed by atoms with E-state index in [1.807, 2.05) is 25.1 Å². The van der Waals surface area contributed by atoms with Crippen LogP contribution in [0.3, 0.4) is 0 Å². The van der Waals surface area contributed by atoms with Crippen LogP contribution < -0.4 is 16.0 Å². The second-order valence-corrected chi connectivity index (χ2v) is 7.84. The molecule has 3 N–H and O–H groups in total. The van der Waals surface area contributed by atoms with E-state index in [0.29, 0.717) is 37.7 Å². The second-order valence-electron chi connectivity index (χ2n) is 7.84. The molecule has 182 valence electrons. The van der Waals surface area contributed by atoms with E-state index in [4.69, 9.17) is 0 Å². The van der Waals surface area contributed by atoms with Crippen molar-refractivity contribution in [2.75, 3.05) is 46.3 Å². The van der Waals surface area contributed by atoms with E-state index in [0.717, 1.165) is 43.8 Å². The van der Waals surface area contributed by atoms with Crippen LogP contribution in [0.1, 0.15) is 42.1 Å². The summed E-state index contributed by atoms with van der Waals surface area (Å²) in [6.07, 6.45) is -0.903. The monoisotopic (exact) mass is 569 g/mol. The van der Waals surface area contributed by atoms with Crippen molar-refractivity contribution in [1.29, 1.82) is 0 Å². The molecule has 1 fully saturated rings.